The Hall–Kier alpha value is -1.86. The molecule has 1 aliphatic heterocycles. The Balaban J connectivity index is 1.47. The van der Waals surface area contributed by atoms with Crippen molar-refractivity contribution in [2.24, 2.45) is 5.92 Å². The molecule has 1 aromatic heterocycles. The predicted octanol–water partition coefficient (Wildman–Crippen LogP) is 4.72. The maximum atomic E-state index is 12.9. The molecule has 0 spiro atoms. The second-order valence-corrected chi connectivity index (χ2v) is 8.82. The molecule has 3 nitrogen and oxygen atoms in total. The minimum Gasteiger partial charge on any atom is -0.345 e. The Morgan fingerprint density at radius 1 is 1.28 bits per heavy atom. The lowest BCUT2D eigenvalue weighted by Crippen LogP contribution is -2.42. The summed E-state index contributed by atoms with van der Waals surface area (Å²) in [6.45, 7) is 3.31. The van der Waals surface area contributed by atoms with Crippen molar-refractivity contribution in [3.63, 3.8) is 0 Å². The lowest BCUT2D eigenvalue weighted by Gasteiger charge is -2.34. The number of likely N-dealkylation sites (tertiary alicyclic amines) is 1. The van der Waals surface area contributed by atoms with E-state index in [1.54, 1.807) is 17.4 Å². The van der Waals surface area contributed by atoms with Gasteiger partial charge in [-0.05, 0) is 54.8 Å². The summed E-state index contributed by atoms with van der Waals surface area (Å²) in [5, 5.41) is 1.98. The van der Waals surface area contributed by atoms with E-state index in [9.17, 15) is 18.0 Å². The van der Waals surface area contributed by atoms with Crippen LogP contribution < -0.4 is 0 Å². The molecule has 0 N–H and O–H groups in total. The molecule has 3 rings (SSSR count). The molecule has 7 heteroatoms. The van der Waals surface area contributed by atoms with Crippen molar-refractivity contribution in [3.8, 4) is 0 Å². The average Bonchev–Trinajstić information content (AvgIpc) is 3.19. The van der Waals surface area contributed by atoms with Crippen LogP contribution in [0.5, 0.6) is 0 Å². The molecule has 1 amide bonds. The van der Waals surface area contributed by atoms with Gasteiger partial charge in [-0.15, -0.1) is 11.3 Å². The van der Waals surface area contributed by atoms with Crippen LogP contribution in [0.1, 0.15) is 28.8 Å². The van der Waals surface area contributed by atoms with Crippen molar-refractivity contribution in [2.45, 2.75) is 31.9 Å². The van der Waals surface area contributed by atoms with Crippen LogP contribution >= 0.6 is 11.3 Å². The second kappa shape index (κ2) is 9.76. The Morgan fingerprint density at radius 2 is 2.10 bits per heavy atom. The van der Waals surface area contributed by atoms with Gasteiger partial charge in [-0.2, -0.15) is 13.2 Å². The number of alkyl halides is 3. The number of hydrogen-bond donors (Lipinski definition) is 0. The molecule has 1 aromatic carbocycles. The zero-order chi connectivity index (χ0) is 20.9. The van der Waals surface area contributed by atoms with Crippen molar-refractivity contribution in [1.29, 1.82) is 0 Å². The van der Waals surface area contributed by atoms with Crippen LogP contribution in [0, 0.1) is 5.92 Å². The largest absolute Gasteiger partial charge is 0.416 e. The van der Waals surface area contributed by atoms with Crippen LogP contribution in [-0.2, 0) is 23.8 Å². The van der Waals surface area contributed by atoms with Crippen LogP contribution in [-0.4, -0.2) is 48.9 Å². The number of nitrogens with zero attached hydrogens (tertiary/aromatic N) is 2. The first kappa shape index (κ1) is 21.8. The van der Waals surface area contributed by atoms with Gasteiger partial charge in [-0.25, -0.2) is 0 Å². The van der Waals surface area contributed by atoms with Crippen LogP contribution in [0.15, 0.2) is 41.8 Å². The molecule has 0 bridgehead atoms. The molecular weight excluding hydrogens is 397 g/mol. The Kier molecular flexibility index (Phi) is 7.35. The topological polar surface area (TPSA) is 23.6 Å². The first-order chi connectivity index (χ1) is 13.8. The smallest absolute Gasteiger partial charge is 0.345 e. The molecule has 1 atom stereocenters. The van der Waals surface area contributed by atoms with E-state index in [1.807, 2.05) is 29.5 Å². The maximum absolute atomic E-state index is 12.9. The summed E-state index contributed by atoms with van der Waals surface area (Å²) in [5.74, 6) is 0.538. The fraction of sp³-hybridized carbons (Fsp3) is 0.500. The molecule has 2 heterocycles. The monoisotopic (exact) mass is 424 g/mol. The third-order valence-electron chi connectivity index (χ3n) is 5.44. The fourth-order valence-corrected chi connectivity index (χ4v) is 4.58. The van der Waals surface area contributed by atoms with Crippen molar-refractivity contribution in [3.05, 3.63) is 57.8 Å². The molecule has 0 aliphatic carbocycles. The molecule has 0 saturated carbocycles. The highest BCUT2D eigenvalue weighted by molar-refractivity contribution is 7.10. The first-order valence-electron chi connectivity index (χ1n) is 9.96. The van der Waals surface area contributed by atoms with Gasteiger partial charge in [0.1, 0.15) is 0 Å². The van der Waals surface area contributed by atoms with E-state index in [-0.39, 0.29) is 5.91 Å². The first-order valence-corrected chi connectivity index (χ1v) is 10.8. The number of likely N-dealkylation sites (N-methyl/N-ethyl adjacent to an activating group) is 1. The summed E-state index contributed by atoms with van der Waals surface area (Å²) in [7, 11) is 1.86. The number of carbonyl (C=O) groups is 1. The highest BCUT2D eigenvalue weighted by atomic mass is 32.1. The lowest BCUT2D eigenvalue weighted by atomic mass is 9.96. The molecule has 1 fully saturated rings. The number of benzene rings is 1. The fourth-order valence-electron chi connectivity index (χ4n) is 3.88. The predicted molar refractivity (Wildman–Crippen MR) is 110 cm³/mol. The third-order valence-corrected chi connectivity index (χ3v) is 6.31. The van der Waals surface area contributed by atoms with Gasteiger partial charge >= 0.3 is 6.18 Å². The normalized spacial score (nSPS) is 18.0. The number of rotatable bonds is 7. The van der Waals surface area contributed by atoms with Gasteiger partial charge in [0.25, 0.3) is 0 Å². The molecule has 2 aromatic rings. The highest BCUT2D eigenvalue weighted by Gasteiger charge is 2.30. The van der Waals surface area contributed by atoms with E-state index < -0.39 is 11.7 Å². The Morgan fingerprint density at radius 3 is 2.83 bits per heavy atom. The summed E-state index contributed by atoms with van der Waals surface area (Å²) in [6.07, 6.45) is -1.12. The number of amides is 1. The summed E-state index contributed by atoms with van der Waals surface area (Å²) >= 11 is 1.60. The van der Waals surface area contributed by atoms with E-state index in [0.29, 0.717) is 24.3 Å². The van der Waals surface area contributed by atoms with Crippen LogP contribution in [0.4, 0.5) is 13.2 Å². The summed E-state index contributed by atoms with van der Waals surface area (Å²) in [6, 6.07) is 9.53. The molecule has 1 saturated heterocycles. The molecule has 1 aliphatic rings. The zero-order valence-electron chi connectivity index (χ0n) is 16.6. The minimum absolute atomic E-state index is 0.133. The average molecular weight is 425 g/mol. The van der Waals surface area contributed by atoms with Gasteiger partial charge < -0.3 is 9.80 Å². The maximum Gasteiger partial charge on any atom is 0.416 e. The van der Waals surface area contributed by atoms with Crippen LogP contribution in [0.2, 0.25) is 0 Å². The van der Waals surface area contributed by atoms with Crippen molar-refractivity contribution < 1.29 is 18.0 Å². The Labute approximate surface area is 174 Å². The number of piperidine rings is 1. The van der Waals surface area contributed by atoms with E-state index in [4.69, 9.17) is 0 Å². The van der Waals surface area contributed by atoms with Crippen LogP contribution in [0.25, 0.3) is 0 Å². The number of thiophene rings is 1. The van der Waals surface area contributed by atoms with E-state index in [0.717, 1.165) is 50.0 Å². The number of carbonyl (C=O) groups excluding carboxylic acids is 1. The van der Waals surface area contributed by atoms with Gasteiger partial charge in [0.05, 0.1) is 12.0 Å². The van der Waals surface area contributed by atoms with Gasteiger partial charge in [-0.1, -0.05) is 24.3 Å². The SMILES string of the molecule is CN(C[C@H]1CCCN(CCc2cccc(C(F)(F)F)c2)C1)C(=O)Cc1cccs1. The van der Waals surface area contributed by atoms with E-state index in [1.165, 1.54) is 12.1 Å². The quantitative estimate of drug-likeness (QED) is 0.642. The number of halogens is 3. The minimum atomic E-state index is -4.30. The lowest BCUT2D eigenvalue weighted by molar-refractivity contribution is -0.137. The Bertz CT molecular complexity index is 792. The molecule has 158 valence electrons. The molecular formula is C22H27F3N2OS. The van der Waals surface area contributed by atoms with Crippen molar-refractivity contribution in [1.82, 2.24) is 9.80 Å². The third kappa shape index (κ3) is 6.57. The van der Waals surface area contributed by atoms with E-state index in [2.05, 4.69) is 4.90 Å². The van der Waals surface area contributed by atoms with Crippen molar-refractivity contribution in [2.75, 3.05) is 33.2 Å². The molecule has 0 unspecified atom stereocenters. The van der Waals surface area contributed by atoms with E-state index >= 15 is 0 Å². The van der Waals surface area contributed by atoms with Crippen LogP contribution in [0.3, 0.4) is 0 Å². The zero-order valence-corrected chi connectivity index (χ0v) is 17.4. The van der Waals surface area contributed by atoms with Gasteiger partial charge in [0, 0.05) is 31.6 Å². The second-order valence-electron chi connectivity index (χ2n) is 7.79. The van der Waals surface area contributed by atoms with Gasteiger partial charge in [-0.3, -0.25) is 4.79 Å². The molecule has 29 heavy (non-hydrogen) atoms. The molecule has 0 radical (unpaired) electrons. The van der Waals surface area contributed by atoms with Gasteiger partial charge in [0.15, 0.2) is 0 Å². The standard InChI is InChI=1S/C22H27F3N2OS/c1-26(21(28)14-20-8-4-12-29-20)15-18-6-3-10-27(16-18)11-9-17-5-2-7-19(13-17)22(23,24)25/h2,4-5,7-8,12-13,18H,3,6,9-11,14-16H2,1H3/t18-/m1/s1. The highest BCUT2D eigenvalue weighted by Crippen LogP contribution is 2.29. The summed E-state index contributed by atoms with van der Waals surface area (Å²) in [4.78, 5) is 17.6. The summed E-state index contributed by atoms with van der Waals surface area (Å²) < 4.78 is 38.6. The summed E-state index contributed by atoms with van der Waals surface area (Å²) in [5.41, 5.74) is 0.127. The van der Waals surface area contributed by atoms with Gasteiger partial charge in [0.2, 0.25) is 5.91 Å². The number of hydrogen-bond acceptors (Lipinski definition) is 3. The van der Waals surface area contributed by atoms with Crippen molar-refractivity contribution >= 4 is 17.2 Å².